The zero-order valence-electron chi connectivity index (χ0n) is 18.8. The maximum Gasteiger partial charge on any atom is 0.246 e. The molecule has 4 aromatic rings. The molecule has 0 bridgehead atoms. The number of imide groups is 1. The zero-order chi connectivity index (χ0) is 24.6. The third kappa shape index (κ3) is 4.38. The predicted octanol–water partition coefficient (Wildman–Crippen LogP) is 4.91. The third-order valence-corrected chi connectivity index (χ3v) is 7.31. The number of nitrogens with zero attached hydrogens (tertiary/aromatic N) is 3. The van der Waals surface area contributed by atoms with E-state index in [1.165, 1.54) is 11.3 Å². The smallest absolute Gasteiger partial charge is 0.246 e. The van der Waals surface area contributed by atoms with E-state index < -0.39 is 11.3 Å². The molecule has 1 saturated heterocycles. The number of benzene rings is 2. The van der Waals surface area contributed by atoms with E-state index in [1.54, 1.807) is 17.6 Å². The fourth-order valence-corrected chi connectivity index (χ4v) is 5.21. The Balaban J connectivity index is 1.39. The van der Waals surface area contributed by atoms with Crippen LogP contribution in [0, 0.1) is 0 Å². The van der Waals surface area contributed by atoms with Gasteiger partial charge >= 0.3 is 0 Å². The highest BCUT2D eigenvalue weighted by atomic mass is 35.5. The number of nitrogens with one attached hydrogen (secondary N) is 1. The number of carbonyl (C=O) groups excluding carboxylic acids is 3. The lowest BCUT2D eigenvalue weighted by molar-refractivity contribution is -0.142. The normalized spacial score (nSPS) is 17.7. The highest BCUT2D eigenvalue weighted by Gasteiger charge is 2.49. The first-order valence-electron chi connectivity index (χ1n) is 11.0. The molecule has 1 N–H and O–H groups in total. The second-order valence-corrected chi connectivity index (χ2v) is 10.2. The number of imidazole rings is 1. The lowest BCUT2D eigenvalue weighted by Gasteiger charge is -2.22. The number of aromatic nitrogens is 2. The Morgan fingerprint density at radius 3 is 2.40 bits per heavy atom. The van der Waals surface area contributed by atoms with Crippen molar-refractivity contribution < 1.29 is 14.4 Å². The highest BCUT2D eigenvalue weighted by Crippen LogP contribution is 2.36. The van der Waals surface area contributed by atoms with Crippen LogP contribution in [0.1, 0.15) is 18.9 Å². The van der Waals surface area contributed by atoms with Gasteiger partial charge in [-0.15, -0.1) is 11.3 Å². The molecule has 1 aliphatic rings. The SMILES string of the molecule is CC1(c2ccccc2)CC(=O)N(CC(=O)Nc2nc(-c3ccc(Cl)s3)cn2-c2ccccc2)C1=O. The molecule has 3 amide bonds. The van der Waals surface area contributed by atoms with Gasteiger partial charge in [0.2, 0.25) is 23.7 Å². The number of hydrogen-bond acceptors (Lipinski definition) is 5. The van der Waals surface area contributed by atoms with Crippen molar-refractivity contribution in [1.29, 1.82) is 0 Å². The molecule has 1 unspecified atom stereocenters. The summed E-state index contributed by atoms with van der Waals surface area (Å²) in [6.45, 7) is 1.35. The quantitative estimate of drug-likeness (QED) is 0.378. The summed E-state index contributed by atoms with van der Waals surface area (Å²) in [5.41, 5.74) is 1.20. The molecule has 5 rings (SSSR count). The van der Waals surface area contributed by atoms with Crippen LogP contribution in [-0.2, 0) is 19.8 Å². The number of thiophene rings is 1. The van der Waals surface area contributed by atoms with E-state index in [0.717, 1.165) is 21.0 Å². The van der Waals surface area contributed by atoms with Crippen LogP contribution in [-0.4, -0.2) is 38.7 Å². The van der Waals surface area contributed by atoms with Crippen molar-refractivity contribution in [1.82, 2.24) is 14.5 Å². The topological polar surface area (TPSA) is 84.3 Å². The molecular formula is C26H21ClN4O3S. The van der Waals surface area contributed by atoms with Crippen molar-refractivity contribution in [3.63, 3.8) is 0 Å². The Labute approximate surface area is 211 Å². The van der Waals surface area contributed by atoms with Crippen molar-refractivity contribution in [2.24, 2.45) is 0 Å². The van der Waals surface area contributed by atoms with Gasteiger partial charge in [-0.3, -0.25) is 29.2 Å². The van der Waals surface area contributed by atoms with E-state index >= 15 is 0 Å². The Kier molecular flexibility index (Phi) is 6.00. The van der Waals surface area contributed by atoms with Gasteiger partial charge < -0.3 is 0 Å². The van der Waals surface area contributed by atoms with E-state index in [2.05, 4.69) is 10.3 Å². The molecule has 1 fully saturated rings. The average Bonchev–Trinajstić information content (AvgIpc) is 3.54. The summed E-state index contributed by atoms with van der Waals surface area (Å²) in [6.07, 6.45) is 1.83. The average molecular weight is 505 g/mol. The van der Waals surface area contributed by atoms with Gasteiger partial charge in [0.1, 0.15) is 12.2 Å². The second-order valence-electron chi connectivity index (χ2n) is 8.47. The van der Waals surface area contributed by atoms with E-state index in [1.807, 2.05) is 72.9 Å². The number of carbonyl (C=O) groups is 3. The van der Waals surface area contributed by atoms with Gasteiger partial charge in [0.25, 0.3) is 0 Å². The molecule has 1 atom stereocenters. The summed E-state index contributed by atoms with van der Waals surface area (Å²) in [5, 5.41) is 2.78. The molecule has 0 spiro atoms. The first-order chi connectivity index (χ1) is 16.8. The van der Waals surface area contributed by atoms with Gasteiger partial charge in [0.15, 0.2) is 0 Å². The minimum Gasteiger partial charge on any atom is -0.294 e. The summed E-state index contributed by atoms with van der Waals surface area (Å²) < 4.78 is 2.38. The fraction of sp³-hybridized carbons (Fsp3) is 0.154. The van der Waals surface area contributed by atoms with Crippen LogP contribution in [0.4, 0.5) is 5.95 Å². The maximum atomic E-state index is 13.2. The summed E-state index contributed by atoms with van der Waals surface area (Å²) in [6, 6.07) is 22.3. The number of likely N-dealkylation sites (tertiary alicyclic amines) is 1. The van der Waals surface area contributed by atoms with Crippen molar-refractivity contribution in [3.8, 4) is 16.3 Å². The standard InChI is InChI=1S/C26H21ClN4O3S/c1-26(17-8-4-2-5-9-17)14-23(33)31(24(26)34)16-22(32)29-25-28-19(20-12-13-21(27)35-20)15-30(25)18-10-6-3-7-11-18/h2-13,15H,14,16H2,1H3,(H,28,29,32). The van der Waals surface area contributed by atoms with Gasteiger partial charge in [-0.05, 0) is 36.8 Å². The van der Waals surface area contributed by atoms with Crippen molar-refractivity contribution in [2.45, 2.75) is 18.8 Å². The van der Waals surface area contributed by atoms with Crippen LogP contribution < -0.4 is 5.32 Å². The Morgan fingerprint density at radius 1 is 1.06 bits per heavy atom. The fourth-order valence-electron chi connectivity index (χ4n) is 4.21. The first-order valence-corrected chi connectivity index (χ1v) is 12.2. The van der Waals surface area contributed by atoms with E-state index in [4.69, 9.17) is 11.6 Å². The van der Waals surface area contributed by atoms with Crippen LogP contribution in [0.3, 0.4) is 0 Å². The van der Waals surface area contributed by atoms with Crippen LogP contribution in [0.2, 0.25) is 4.34 Å². The molecule has 0 radical (unpaired) electrons. The first kappa shape index (κ1) is 23.0. The van der Waals surface area contributed by atoms with Gasteiger partial charge in [-0.2, -0.15) is 0 Å². The molecular weight excluding hydrogens is 484 g/mol. The number of hydrogen-bond donors (Lipinski definition) is 1. The van der Waals surface area contributed by atoms with Crippen molar-refractivity contribution in [3.05, 3.63) is 88.9 Å². The van der Waals surface area contributed by atoms with Gasteiger partial charge in [-0.25, -0.2) is 4.98 Å². The Hall–Kier alpha value is -3.75. The van der Waals surface area contributed by atoms with Crippen LogP contribution in [0.25, 0.3) is 16.3 Å². The monoisotopic (exact) mass is 504 g/mol. The molecule has 1 aliphatic heterocycles. The number of para-hydroxylation sites is 1. The van der Waals surface area contributed by atoms with E-state index in [9.17, 15) is 14.4 Å². The van der Waals surface area contributed by atoms with E-state index in [0.29, 0.717) is 10.0 Å². The molecule has 0 aliphatic carbocycles. The molecule has 7 nitrogen and oxygen atoms in total. The minimum absolute atomic E-state index is 0.0189. The minimum atomic E-state index is -0.993. The van der Waals surface area contributed by atoms with Crippen molar-refractivity contribution >= 4 is 46.6 Å². The summed E-state index contributed by atoms with van der Waals surface area (Å²) in [4.78, 5) is 45.4. The number of amides is 3. The van der Waals surface area contributed by atoms with Gasteiger partial charge in [0, 0.05) is 18.3 Å². The number of rotatable bonds is 6. The van der Waals surface area contributed by atoms with Crippen LogP contribution in [0.5, 0.6) is 0 Å². The molecule has 3 heterocycles. The van der Waals surface area contributed by atoms with E-state index in [-0.39, 0.29) is 30.7 Å². The van der Waals surface area contributed by atoms with Crippen molar-refractivity contribution in [2.75, 3.05) is 11.9 Å². The predicted molar refractivity (Wildman–Crippen MR) is 136 cm³/mol. The molecule has 35 heavy (non-hydrogen) atoms. The lowest BCUT2D eigenvalue weighted by Crippen LogP contribution is -2.41. The number of halogens is 1. The lowest BCUT2D eigenvalue weighted by atomic mass is 9.81. The zero-order valence-corrected chi connectivity index (χ0v) is 20.3. The van der Waals surface area contributed by atoms with Gasteiger partial charge in [0.05, 0.1) is 14.6 Å². The molecule has 2 aromatic carbocycles. The Morgan fingerprint density at radius 2 is 1.74 bits per heavy atom. The third-order valence-electron chi connectivity index (χ3n) is 6.05. The molecule has 9 heteroatoms. The summed E-state index contributed by atoms with van der Waals surface area (Å²) >= 11 is 7.47. The largest absolute Gasteiger partial charge is 0.294 e. The Bertz CT molecular complexity index is 1420. The van der Waals surface area contributed by atoms with Gasteiger partial charge in [-0.1, -0.05) is 60.1 Å². The van der Waals surface area contributed by atoms with Crippen LogP contribution in [0.15, 0.2) is 79.0 Å². The molecule has 2 aromatic heterocycles. The highest BCUT2D eigenvalue weighted by molar-refractivity contribution is 7.19. The number of anilines is 1. The maximum absolute atomic E-state index is 13.2. The summed E-state index contributed by atoms with van der Waals surface area (Å²) in [7, 11) is 0. The second kappa shape index (κ2) is 9.13. The van der Waals surface area contributed by atoms with Crippen LogP contribution >= 0.6 is 22.9 Å². The molecule has 0 saturated carbocycles. The summed E-state index contributed by atoms with van der Waals surface area (Å²) in [5.74, 6) is -0.991. The molecule has 176 valence electrons.